The third-order valence-corrected chi connectivity index (χ3v) is 4.43. The first-order valence-electron chi connectivity index (χ1n) is 8.41. The molecule has 1 amide bonds. The van der Waals surface area contributed by atoms with Crippen LogP contribution in [0.4, 0.5) is 11.4 Å². The van der Waals surface area contributed by atoms with Gasteiger partial charge in [0.05, 0.1) is 16.2 Å². The number of nitrogens with zero attached hydrogens (tertiary/aromatic N) is 1. The van der Waals surface area contributed by atoms with Crippen LogP contribution in [0, 0.1) is 24.0 Å². The Morgan fingerprint density at radius 3 is 2.48 bits per heavy atom. The van der Waals surface area contributed by atoms with Gasteiger partial charge in [0, 0.05) is 17.0 Å². The van der Waals surface area contributed by atoms with E-state index in [-0.39, 0.29) is 11.3 Å². The van der Waals surface area contributed by atoms with Crippen molar-refractivity contribution in [3.05, 3.63) is 69.0 Å². The normalized spacial score (nSPS) is 11.6. The number of hydrogen-bond acceptors (Lipinski definition) is 5. The number of carbonyl (C=O) groups is 1. The van der Waals surface area contributed by atoms with Crippen LogP contribution in [0.5, 0.6) is 0 Å². The number of para-hydroxylation sites is 1. The highest BCUT2D eigenvalue weighted by Crippen LogP contribution is 2.37. The van der Waals surface area contributed by atoms with Crippen LogP contribution in [-0.2, 0) is 5.60 Å². The third kappa shape index (κ3) is 3.29. The molecular formula is C20H20N2O5. The monoisotopic (exact) mass is 368 g/mol. The molecule has 3 aromatic rings. The predicted octanol–water partition coefficient (Wildman–Crippen LogP) is 4.44. The lowest BCUT2D eigenvalue weighted by atomic mass is 9.95. The van der Waals surface area contributed by atoms with Crippen molar-refractivity contribution in [2.24, 2.45) is 0 Å². The molecular weight excluding hydrogens is 348 g/mol. The summed E-state index contributed by atoms with van der Waals surface area (Å²) in [6.07, 6.45) is 0. The van der Waals surface area contributed by atoms with Crippen LogP contribution in [0.1, 0.15) is 41.1 Å². The highest BCUT2D eigenvalue weighted by Gasteiger charge is 2.27. The molecule has 2 aromatic carbocycles. The highest BCUT2D eigenvalue weighted by molar-refractivity contribution is 6.11. The highest BCUT2D eigenvalue weighted by atomic mass is 16.6. The summed E-state index contributed by atoms with van der Waals surface area (Å²) in [5.41, 5.74) is 0.563. The Labute approximate surface area is 155 Å². The van der Waals surface area contributed by atoms with E-state index in [9.17, 15) is 20.0 Å². The summed E-state index contributed by atoms with van der Waals surface area (Å²) in [5, 5.41) is 25.1. The Morgan fingerprint density at radius 1 is 1.19 bits per heavy atom. The van der Waals surface area contributed by atoms with Crippen molar-refractivity contribution in [3.63, 3.8) is 0 Å². The summed E-state index contributed by atoms with van der Waals surface area (Å²) in [5.74, 6) is -0.0489. The van der Waals surface area contributed by atoms with Crippen LogP contribution < -0.4 is 5.32 Å². The number of nitro groups is 1. The van der Waals surface area contributed by atoms with Gasteiger partial charge < -0.3 is 14.8 Å². The van der Waals surface area contributed by atoms with E-state index >= 15 is 0 Å². The van der Waals surface area contributed by atoms with Gasteiger partial charge in [-0.1, -0.05) is 24.3 Å². The molecule has 0 saturated carbocycles. The molecule has 3 rings (SSSR count). The maximum absolute atomic E-state index is 12.8. The van der Waals surface area contributed by atoms with Gasteiger partial charge in [-0.05, 0) is 39.3 Å². The van der Waals surface area contributed by atoms with Gasteiger partial charge in [0.1, 0.15) is 11.3 Å². The van der Waals surface area contributed by atoms with E-state index in [1.54, 1.807) is 52.0 Å². The minimum Gasteiger partial charge on any atom is -0.459 e. The molecule has 7 heteroatoms. The standard InChI is InChI=1S/C20H20N2O5/c1-11-7-5-10-15(22(25)26)16(11)19(23)21-14-9-6-8-13-17(20(3,4)24)12(2)27-18(13)14/h5-10,24H,1-4H3,(H,21,23). The largest absolute Gasteiger partial charge is 0.459 e. The van der Waals surface area contributed by atoms with Crippen molar-refractivity contribution >= 4 is 28.3 Å². The predicted molar refractivity (Wildman–Crippen MR) is 102 cm³/mol. The Hall–Kier alpha value is -3.19. The number of anilines is 1. The number of nitro benzene ring substituents is 1. The average molecular weight is 368 g/mol. The van der Waals surface area contributed by atoms with Crippen molar-refractivity contribution in [1.82, 2.24) is 0 Å². The van der Waals surface area contributed by atoms with Crippen molar-refractivity contribution in [1.29, 1.82) is 0 Å². The molecule has 0 atom stereocenters. The Balaban J connectivity index is 2.09. The van der Waals surface area contributed by atoms with Gasteiger partial charge in [-0.25, -0.2) is 0 Å². The average Bonchev–Trinajstić information content (AvgIpc) is 2.91. The molecule has 0 spiro atoms. The minimum atomic E-state index is -1.12. The van der Waals surface area contributed by atoms with Gasteiger partial charge in [0.25, 0.3) is 11.6 Å². The SMILES string of the molecule is Cc1cccc([N+](=O)[O-])c1C(=O)Nc1cccc2c(C(C)(C)O)c(C)oc12. The molecule has 0 aliphatic rings. The minimum absolute atomic E-state index is 0.00509. The number of furan rings is 1. The first-order chi connectivity index (χ1) is 12.6. The van der Waals surface area contributed by atoms with Gasteiger partial charge in [0.15, 0.2) is 5.58 Å². The van der Waals surface area contributed by atoms with Gasteiger partial charge in [-0.3, -0.25) is 14.9 Å². The van der Waals surface area contributed by atoms with Gasteiger partial charge >= 0.3 is 0 Å². The van der Waals surface area contributed by atoms with Crippen molar-refractivity contribution in [2.45, 2.75) is 33.3 Å². The fraction of sp³-hybridized carbons (Fsp3) is 0.250. The molecule has 27 heavy (non-hydrogen) atoms. The molecule has 1 heterocycles. The molecule has 0 fully saturated rings. The smallest absolute Gasteiger partial charge is 0.282 e. The lowest BCUT2D eigenvalue weighted by Crippen LogP contribution is -2.16. The summed E-state index contributed by atoms with van der Waals surface area (Å²) in [6.45, 7) is 6.70. The van der Waals surface area contributed by atoms with E-state index in [2.05, 4.69) is 5.32 Å². The Morgan fingerprint density at radius 2 is 1.85 bits per heavy atom. The van der Waals surface area contributed by atoms with Crippen molar-refractivity contribution in [3.8, 4) is 0 Å². The summed E-state index contributed by atoms with van der Waals surface area (Å²) in [6, 6.07) is 9.66. The molecule has 140 valence electrons. The Kier molecular flexibility index (Phi) is 4.49. The van der Waals surface area contributed by atoms with Crippen molar-refractivity contribution in [2.75, 3.05) is 5.32 Å². The van der Waals surface area contributed by atoms with E-state index < -0.39 is 16.4 Å². The number of amides is 1. The second-order valence-corrected chi connectivity index (χ2v) is 6.95. The summed E-state index contributed by atoms with van der Waals surface area (Å²) >= 11 is 0. The number of hydrogen-bond donors (Lipinski definition) is 2. The van der Waals surface area contributed by atoms with Gasteiger partial charge in [-0.15, -0.1) is 0 Å². The maximum atomic E-state index is 12.8. The molecule has 0 saturated heterocycles. The summed E-state index contributed by atoms with van der Waals surface area (Å²) in [7, 11) is 0. The third-order valence-electron chi connectivity index (χ3n) is 4.43. The van der Waals surface area contributed by atoms with Crippen LogP contribution in [0.3, 0.4) is 0 Å². The zero-order valence-electron chi connectivity index (χ0n) is 15.5. The van der Waals surface area contributed by atoms with Gasteiger partial charge in [-0.2, -0.15) is 0 Å². The number of aryl methyl sites for hydroxylation is 2. The Bertz CT molecular complexity index is 1060. The van der Waals surface area contributed by atoms with Crippen LogP contribution in [-0.4, -0.2) is 15.9 Å². The summed E-state index contributed by atoms with van der Waals surface area (Å²) in [4.78, 5) is 23.5. The lowest BCUT2D eigenvalue weighted by Gasteiger charge is -2.17. The second kappa shape index (κ2) is 6.51. The zero-order valence-corrected chi connectivity index (χ0v) is 15.5. The fourth-order valence-corrected chi connectivity index (χ4v) is 3.38. The second-order valence-electron chi connectivity index (χ2n) is 6.95. The summed E-state index contributed by atoms with van der Waals surface area (Å²) < 4.78 is 5.79. The van der Waals surface area contributed by atoms with Gasteiger partial charge in [0.2, 0.25) is 0 Å². The molecule has 0 bridgehead atoms. The van der Waals surface area contributed by atoms with E-state index in [0.29, 0.717) is 33.5 Å². The first kappa shape index (κ1) is 18.6. The van der Waals surface area contributed by atoms with Crippen LogP contribution in [0.25, 0.3) is 11.0 Å². The van der Waals surface area contributed by atoms with Crippen LogP contribution >= 0.6 is 0 Å². The van der Waals surface area contributed by atoms with E-state index in [0.717, 1.165) is 0 Å². The van der Waals surface area contributed by atoms with Crippen molar-refractivity contribution < 1.29 is 19.2 Å². The molecule has 7 nitrogen and oxygen atoms in total. The lowest BCUT2D eigenvalue weighted by molar-refractivity contribution is -0.385. The number of benzene rings is 2. The molecule has 0 unspecified atom stereocenters. The number of nitrogens with one attached hydrogen (secondary N) is 1. The van der Waals surface area contributed by atoms with Crippen LogP contribution in [0.15, 0.2) is 40.8 Å². The number of carbonyl (C=O) groups excluding carboxylic acids is 1. The number of rotatable bonds is 4. The van der Waals surface area contributed by atoms with Crippen LogP contribution in [0.2, 0.25) is 0 Å². The quantitative estimate of drug-likeness (QED) is 0.523. The zero-order chi connectivity index (χ0) is 19.9. The number of fused-ring (bicyclic) bond motifs is 1. The molecule has 0 radical (unpaired) electrons. The fourth-order valence-electron chi connectivity index (χ4n) is 3.38. The number of aliphatic hydroxyl groups is 1. The molecule has 2 N–H and O–H groups in total. The molecule has 1 aromatic heterocycles. The maximum Gasteiger partial charge on any atom is 0.282 e. The van der Waals surface area contributed by atoms with E-state index in [4.69, 9.17) is 4.42 Å². The van der Waals surface area contributed by atoms with E-state index in [1.165, 1.54) is 12.1 Å². The first-order valence-corrected chi connectivity index (χ1v) is 8.41. The molecule has 0 aliphatic carbocycles. The van der Waals surface area contributed by atoms with E-state index in [1.807, 2.05) is 0 Å². The molecule has 0 aliphatic heterocycles. The topological polar surface area (TPSA) is 106 Å².